The van der Waals surface area contributed by atoms with E-state index in [4.69, 9.17) is 5.11 Å². The summed E-state index contributed by atoms with van der Waals surface area (Å²) < 4.78 is 0. The molecule has 82 valence electrons. The number of rotatable bonds is 5. The van der Waals surface area contributed by atoms with Crippen molar-refractivity contribution in [3.05, 3.63) is 35.4 Å². The van der Waals surface area contributed by atoms with Gasteiger partial charge in [-0.15, -0.1) is 0 Å². The number of benzene rings is 1. The Morgan fingerprint density at radius 1 is 1.47 bits per heavy atom. The first-order valence-electron chi connectivity index (χ1n) is 4.76. The van der Waals surface area contributed by atoms with Gasteiger partial charge in [0.1, 0.15) is 6.10 Å². The van der Waals surface area contributed by atoms with Crippen molar-refractivity contribution in [2.75, 3.05) is 20.2 Å². The molecule has 1 atom stereocenters. The highest BCUT2D eigenvalue weighted by Crippen LogP contribution is 2.17. The molecular weight excluding hydrogens is 194 g/mol. The largest absolute Gasteiger partial charge is 0.393 e. The first kappa shape index (κ1) is 11.8. The molecule has 15 heavy (non-hydrogen) atoms. The van der Waals surface area contributed by atoms with Crippen LogP contribution in [-0.4, -0.2) is 36.2 Å². The maximum absolute atomic E-state index is 11.6. The third-order valence-electron chi connectivity index (χ3n) is 2.13. The summed E-state index contributed by atoms with van der Waals surface area (Å²) >= 11 is 0. The molecule has 4 heteroatoms. The number of Topliss-reactive ketones (excluding diaryl/α,β-unsaturated/α-hetero) is 1. The van der Waals surface area contributed by atoms with Gasteiger partial charge in [-0.2, -0.15) is 0 Å². The standard InChI is InChI=1S/C11H15NO3/c1-12-6-10(14)8-4-2-3-5-9(8)11(15)7-13/h2-5,11-13,15H,6-7H2,1H3. The summed E-state index contributed by atoms with van der Waals surface area (Å²) in [6.07, 6.45) is -0.998. The van der Waals surface area contributed by atoms with Gasteiger partial charge in [0.2, 0.25) is 0 Å². The molecule has 0 radical (unpaired) electrons. The molecule has 1 unspecified atom stereocenters. The minimum absolute atomic E-state index is 0.0967. The van der Waals surface area contributed by atoms with Gasteiger partial charge in [-0.25, -0.2) is 0 Å². The Morgan fingerprint density at radius 2 is 2.13 bits per heavy atom. The highest BCUT2D eigenvalue weighted by atomic mass is 16.3. The highest BCUT2D eigenvalue weighted by Gasteiger charge is 2.15. The Hall–Kier alpha value is -1.23. The van der Waals surface area contributed by atoms with Gasteiger partial charge < -0.3 is 15.5 Å². The van der Waals surface area contributed by atoms with Crippen molar-refractivity contribution >= 4 is 5.78 Å². The summed E-state index contributed by atoms with van der Waals surface area (Å²) in [5.41, 5.74) is 0.925. The number of ketones is 1. The van der Waals surface area contributed by atoms with Gasteiger partial charge in [0, 0.05) is 5.56 Å². The van der Waals surface area contributed by atoms with Crippen LogP contribution in [0.15, 0.2) is 24.3 Å². The van der Waals surface area contributed by atoms with Crippen LogP contribution in [0.25, 0.3) is 0 Å². The zero-order valence-electron chi connectivity index (χ0n) is 8.60. The average Bonchev–Trinajstić information content (AvgIpc) is 2.28. The van der Waals surface area contributed by atoms with Crippen LogP contribution in [-0.2, 0) is 0 Å². The van der Waals surface area contributed by atoms with Crippen LogP contribution in [0.5, 0.6) is 0 Å². The fourth-order valence-electron chi connectivity index (χ4n) is 1.40. The van der Waals surface area contributed by atoms with Crippen molar-refractivity contribution in [2.24, 2.45) is 0 Å². The molecule has 1 aromatic rings. The van der Waals surface area contributed by atoms with Gasteiger partial charge in [0.25, 0.3) is 0 Å². The fourth-order valence-corrected chi connectivity index (χ4v) is 1.40. The molecule has 1 rings (SSSR count). The Labute approximate surface area is 88.6 Å². The van der Waals surface area contributed by atoms with E-state index in [1.165, 1.54) is 0 Å². The summed E-state index contributed by atoms with van der Waals surface area (Å²) in [5.74, 6) is -0.0967. The van der Waals surface area contributed by atoms with E-state index in [9.17, 15) is 9.90 Å². The molecule has 0 spiro atoms. The van der Waals surface area contributed by atoms with E-state index in [0.717, 1.165) is 0 Å². The molecule has 1 aromatic carbocycles. The number of likely N-dealkylation sites (N-methyl/N-ethyl adjacent to an activating group) is 1. The lowest BCUT2D eigenvalue weighted by molar-refractivity contribution is 0.0904. The number of hydrogen-bond donors (Lipinski definition) is 3. The third-order valence-corrected chi connectivity index (χ3v) is 2.13. The molecule has 0 aliphatic carbocycles. The van der Waals surface area contributed by atoms with Crippen molar-refractivity contribution in [3.8, 4) is 0 Å². The Morgan fingerprint density at radius 3 is 2.73 bits per heavy atom. The van der Waals surface area contributed by atoms with Crippen LogP contribution >= 0.6 is 0 Å². The minimum atomic E-state index is -0.998. The van der Waals surface area contributed by atoms with Gasteiger partial charge in [-0.05, 0) is 12.6 Å². The Balaban J connectivity index is 3.00. The van der Waals surface area contributed by atoms with E-state index in [0.29, 0.717) is 11.1 Å². The van der Waals surface area contributed by atoms with Crippen LogP contribution in [0.4, 0.5) is 0 Å². The molecule has 3 N–H and O–H groups in total. The lowest BCUT2D eigenvalue weighted by Gasteiger charge is -2.12. The van der Waals surface area contributed by atoms with Crippen LogP contribution in [0.1, 0.15) is 22.0 Å². The first-order chi connectivity index (χ1) is 7.20. The van der Waals surface area contributed by atoms with Crippen molar-refractivity contribution in [1.82, 2.24) is 5.32 Å². The quantitative estimate of drug-likeness (QED) is 0.602. The van der Waals surface area contributed by atoms with E-state index < -0.39 is 6.10 Å². The normalized spacial score (nSPS) is 12.5. The van der Waals surface area contributed by atoms with Crippen LogP contribution in [0.3, 0.4) is 0 Å². The summed E-state index contributed by atoms with van der Waals surface area (Å²) in [7, 11) is 1.68. The molecule has 0 aromatic heterocycles. The smallest absolute Gasteiger partial charge is 0.176 e. The van der Waals surface area contributed by atoms with E-state index in [1.807, 2.05) is 0 Å². The third kappa shape index (κ3) is 2.86. The number of hydrogen-bond acceptors (Lipinski definition) is 4. The summed E-state index contributed by atoms with van der Waals surface area (Å²) in [5, 5.41) is 21.1. The van der Waals surface area contributed by atoms with E-state index >= 15 is 0 Å². The summed E-state index contributed by atoms with van der Waals surface area (Å²) in [6, 6.07) is 6.75. The maximum atomic E-state index is 11.6. The molecule has 0 bridgehead atoms. The summed E-state index contributed by atoms with van der Waals surface area (Å²) in [6.45, 7) is -0.168. The van der Waals surface area contributed by atoms with Crippen LogP contribution < -0.4 is 5.32 Å². The topological polar surface area (TPSA) is 69.6 Å². The number of aliphatic hydroxyl groups excluding tert-OH is 2. The molecular formula is C11H15NO3. The van der Waals surface area contributed by atoms with Gasteiger partial charge in [-0.1, -0.05) is 24.3 Å². The highest BCUT2D eigenvalue weighted by molar-refractivity contribution is 5.99. The maximum Gasteiger partial charge on any atom is 0.176 e. The molecule has 0 aliphatic heterocycles. The predicted octanol–water partition coefficient (Wildman–Crippen LogP) is 0.114. The van der Waals surface area contributed by atoms with E-state index in [2.05, 4.69) is 5.32 Å². The van der Waals surface area contributed by atoms with Crippen LogP contribution in [0.2, 0.25) is 0 Å². The number of nitrogens with one attached hydrogen (secondary N) is 1. The number of aliphatic hydroxyl groups is 2. The SMILES string of the molecule is CNCC(=O)c1ccccc1C(O)CO. The molecule has 0 saturated heterocycles. The molecule has 0 saturated carbocycles. The number of carbonyl (C=O) groups excluding carboxylic acids is 1. The number of carbonyl (C=O) groups is 1. The Bertz CT molecular complexity index is 338. The average molecular weight is 209 g/mol. The second-order valence-corrected chi connectivity index (χ2v) is 3.24. The first-order valence-corrected chi connectivity index (χ1v) is 4.76. The Kier molecular flexibility index (Phi) is 4.42. The van der Waals surface area contributed by atoms with Crippen molar-refractivity contribution in [2.45, 2.75) is 6.10 Å². The molecule has 0 aliphatic rings. The van der Waals surface area contributed by atoms with E-state index in [1.54, 1.807) is 31.3 Å². The summed E-state index contributed by atoms with van der Waals surface area (Å²) in [4.78, 5) is 11.6. The second-order valence-electron chi connectivity index (χ2n) is 3.24. The fraction of sp³-hybridized carbons (Fsp3) is 0.364. The monoisotopic (exact) mass is 209 g/mol. The predicted molar refractivity (Wildman–Crippen MR) is 56.7 cm³/mol. The second kappa shape index (κ2) is 5.60. The van der Waals surface area contributed by atoms with Gasteiger partial charge in [0.15, 0.2) is 5.78 Å². The molecule has 0 heterocycles. The molecule has 4 nitrogen and oxygen atoms in total. The molecule has 0 amide bonds. The van der Waals surface area contributed by atoms with Crippen molar-refractivity contribution in [3.63, 3.8) is 0 Å². The van der Waals surface area contributed by atoms with E-state index in [-0.39, 0.29) is 18.9 Å². The lowest BCUT2D eigenvalue weighted by Crippen LogP contribution is -2.21. The van der Waals surface area contributed by atoms with Gasteiger partial charge >= 0.3 is 0 Å². The van der Waals surface area contributed by atoms with Gasteiger partial charge in [0.05, 0.1) is 13.2 Å². The van der Waals surface area contributed by atoms with Crippen LogP contribution in [0, 0.1) is 0 Å². The minimum Gasteiger partial charge on any atom is -0.393 e. The zero-order valence-corrected chi connectivity index (χ0v) is 8.60. The zero-order chi connectivity index (χ0) is 11.3. The van der Waals surface area contributed by atoms with Crippen molar-refractivity contribution in [1.29, 1.82) is 0 Å². The lowest BCUT2D eigenvalue weighted by atomic mass is 9.99. The molecule has 0 fully saturated rings. The van der Waals surface area contributed by atoms with Gasteiger partial charge in [-0.3, -0.25) is 4.79 Å². The van der Waals surface area contributed by atoms with Crippen molar-refractivity contribution < 1.29 is 15.0 Å².